The third-order valence-electron chi connectivity index (χ3n) is 3.86. The minimum absolute atomic E-state index is 0.0232. The van der Waals surface area contributed by atoms with E-state index in [4.69, 9.17) is 9.52 Å². The predicted octanol–water partition coefficient (Wildman–Crippen LogP) is 1.69. The van der Waals surface area contributed by atoms with Gasteiger partial charge in [0.1, 0.15) is 17.3 Å². The Kier molecular flexibility index (Phi) is 5.84. The van der Waals surface area contributed by atoms with Crippen LogP contribution in [-0.4, -0.2) is 44.6 Å². The van der Waals surface area contributed by atoms with E-state index in [1.807, 2.05) is 7.05 Å². The van der Waals surface area contributed by atoms with Gasteiger partial charge in [-0.2, -0.15) is 0 Å². The minimum Gasteiger partial charge on any atom is -0.450 e. The van der Waals surface area contributed by atoms with E-state index < -0.39 is 10.0 Å². The van der Waals surface area contributed by atoms with Gasteiger partial charge in [-0.15, -0.1) is 0 Å². The lowest BCUT2D eigenvalue weighted by molar-refractivity contribution is 0.245. The van der Waals surface area contributed by atoms with E-state index in [0.717, 1.165) is 0 Å². The molecule has 0 aliphatic heterocycles. The fourth-order valence-electron chi connectivity index (χ4n) is 2.62. The molecule has 1 aromatic heterocycles. The van der Waals surface area contributed by atoms with Gasteiger partial charge in [0.05, 0.1) is 0 Å². The first kappa shape index (κ1) is 17.0. The van der Waals surface area contributed by atoms with Crippen molar-refractivity contribution >= 4 is 26.0 Å². The highest BCUT2D eigenvalue weighted by Gasteiger charge is 2.23. The summed E-state index contributed by atoms with van der Waals surface area (Å²) >= 11 is 3.06. The Morgan fingerprint density at radius 3 is 2.71 bits per heavy atom. The van der Waals surface area contributed by atoms with Crippen LogP contribution in [0.4, 0.5) is 0 Å². The number of hydrogen-bond acceptors (Lipinski definition) is 5. The van der Waals surface area contributed by atoms with Crippen molar-refractivity contribution in [2.75, 3.05) is 20.1 Å². The minimum atomic E-state index is -3.63. The number of halogens is 1. The topological polar surface area (TPSA) is 82.8 Å². The summed E-state index contributed by atoms with van der Waals surface area (Å²) in [5, 5.41) is 8.97. The van der Waals surface area contributed by atoms with Crippen molar-refractivity contribution in [2.24, 2.45) is 0 Å². The van der Waals surface area contributed by atoms with Gasteiger partial charge in [0, 0.05) is 25.2 Å². The van der Waals surface area contributed by atoms with Crippen molar-refractivity contribution in [1.82, 2.24) is 9.62 Å². The van der Waals surface area contributed by atoms with E-state index in [1.165, 1.54) is 31.7 Å². The first-order valence-electron chi connectivity index (χ1n) is 7.03. The fourth-order valence-corrected chi connectivity index (χ4v) is 4.64. The van der Waals surface area contributed by atoms with Crippen LogP contribution in [0, 0.1) is 0 Å². The molecular formula is C13H21BrN2O4S. The first-order valence-corrected chi connectivity index (χ1v) is 9.30. The first-order chi connectivity index (χ1) is 9.94. The number of nitrogens with zero attached hydrogens (tertiary/aromatic N) is 1. The van der Waals surface area contributed by atoms with E-state index in [1.54, 1.807) is 0 Å². The second kappa shape index (κ2) is 7.23. The molecule has 0 amide bonds. The van der Waals surface area contributed by atoms with Gasteiger partial charge in [-0.05, 0) is 35.8 Å². The average molecular weight is 381 g/mol. The molecule has 1 aromatic rings. The van der Waals surface area contributed by atoms with Crippen molar-refractivity contribution < 1.29 is 17.9 Å². The van der Waals surface area contributed by atoms with Crippen LogP contribution in [0.2, 0.25) is 0 Å². The third-order valence-corrected chi connectivity index (χ3v) is 6.17. The highest BCUT2D eigenvalue weighted by atomic mass is 79.9. The van der Waals surface area contributed by atoms with E-state index >= 15 is 0 Å². The summed E-state index contributed by atoms with van der Waals surface area (Å²) in [4.78, 5) is 2.23. The van der Waals surface area contributed by atoms with Crippen molar-refractivity contribution in [3.8, 4) is 0 Å². The SMILES string of the molecule is CN(CCNS(=O)(=O)c1cc(CO)oc1Br)C1CCCC1. The van der Waals surface area contributed by atoms with Gasteiger partial charge in [-0.3, -0.25) is 0 Å². The van der Waals surface area contributed by atoms with Gasteiger partial charge < -0.3 is 14.4 Å². The largest absolute Gasteiger partial charge is 0.450 e. The number of aliphatic hydroxyl groups is 1. The molecule has 1 saturated carbocycles. The van der Waals surface area contributed by atoms with Gasteiger partial charge in [0.25, 0.3) is 0 Å². The molecule has 0 spiro atoms. The van der Waals surface area contributed by atoms with Gasteiger partial charge >= 0.3 is 0 Å². The molecule has 21 heavy (non-hydrogen) atoms. The number of rotatable bonds is 7. The Morgan fingerprint density at radius 1 is 1.48 bits per heavy atom. The van der Waals surface area contributed by atoms with Crippen LogP contribution in [0.1, 0.15) is 31.4 Å². The molecular weight excluding hydrogens is 360 g/mol. The summed E-state index contributed by atoms with van der Waals surface area (Å²) in [5.41, 5.74) is 0. The van der Waals surface area contributed by atoms with Gasteiger partial charge in [0.2, 0.25) is 10.0 Å². The molecule has 0 aromatic carbocycles. The molecule has 120 valence electrons. The van der Waals surface area contributed by atoms with Crippen LogP contribution >= 0.6 is 15.9 Å². The summed E-state index contributed by atoms with van der Waals surface area (Å²) in [6, 6.07) is 1.89. The lowest BCUT2D eigenvalue weighted by Crippen LogP contribution is -2.37. The van der Waals surface area contributed by atoms with E-state index in [-0.39, 0.29) is 21.9 Å². The Morgan fingerprint density at radius 2 is 2.14 bits per heavy atom. The van der Waals surface area contributed by atoms with Crippen molar-refractivity contribution in [3.63, 3.8) is 0 Å². The van der Waals surface area contributed by atoms with Crippen LogP contribution in [0.15, 0.2) is 20.0 Å². The zero-order valence-corrected chi connectivity index (χ0v) is 14.4. The summed E-state index contributed by atoms with van der Waals surface area (Å²) in [6.45, 7) is 0.687. The van der Waals surface area contributed by atoms with Gasteiger partial charge in [-0.25, -0.2) is 13.1 Å². The molecule has 8 heteroatoms. The molecule has 0 atom stereocenters. The number of likely N-dealkylation sites (N-methyl/N-ethyl adjacent to an activating group) is 1. The fraction of sp³-hybridized carbons (Fsp3) is 0.692. The Hall–Kier alpha value is -0.410. The molecule has 1 heterocycles. The second-order valence-electron chi connectivity index (χ2n) is 5.33. The lowest BCUT2D eigenvalue weighted by Gasteiger charge is -2.23. The van der Waals surface area contributed by atoms with Crippen LogP contribution in [0.5, 0.6) is 0 Å². The molecule has 1 aliphatic carbocycles. The summed E-state index contributed by atoms with van der Waals surface area (Å²) in [7, 11) is -1.60. The molecule has 1 aliphatic rings. The summed E-state index contributed by atoms with van der Waals surface area (Å²) in [6.07, 6.45) is 4.89. The lowest BCUT2D eigenvalue weighted by atomic mass is 10.2. The van der Waals surface area contributed by atoms with Crippen LogP contribution in [-0.2, 0) is 16.6 Å². The molecule has 0 bridgehead atoms. The van der Waals surface area contributed by atoms with Crippen LogP contribution < -0.4 is 4.72 Å². The van der Waals surface area contributed by atoms with Crippen LogP contribution in [0.25, 0.3) is 0 Å². The molecule has 0 unspecified atom stereocenters. The van der Waals surface area contributed by atoms with E-state index in [2.05, 4.69) is 25.6 Å². The smallest absolute Gasteiger partial charge is 0.245 e. The Labute approximate surface area is 133 Å². The number of hydrogen-bond donors (Lipinski definition) is 2. The molecule has 1 fully saturated rings. The number of sulfonamides is 1. The zero-order chi connectivity index (χ0) is 15.5. The number of aliphatic hydroxyl groups excluding tert-OH is 1. The van der Waals surface area contributed by atoms with Gasteiger partial charge in [0.15, 0.2) is 4.67 Å². The average Bonchev–Trinajstić information content (AvgIpc) is 3.07. The normalized spacial score (nSPS) is 17.0. The highest BCUT2D eigenvalue weighted by molar-refractivity contribution is 9.10. The summed E-state index contributed by atoms with van der Waals surface area (Å²) in [5.74, 6) is 0.213. The van der Waals surface area contributed by atoms with Crippen molar-refractivity contribution in [3.05, 3.63) is 16.5 Å². The number of furan rings is 1. The molecule has 0 saturated heterocycles. The monoisotopic (exact) mass is 380 g/mol. The second-order valence-corrected chi connectivity index (χ2v) is 7.78. The van der Waals surface area contributed by atoms with Crippen LogP contribution in [0.3, 0.4) is 0 Å². The Balaban J connectivity index is 1.90. The maximum atomic E-state index is 12.2. The Bertz CT molecular complexity index is 567. The maximum absolute atomic E-state index is 12.2. The number of nitrogens with one attached hydrogen (secondary N) is 1. The molecule has 6 nitrogen and oxygen atoms in total. The quantitative estimate of drug-likeness (QED) is 0.751. The molecule has 2 N–H and O–H groups in total. The third kappa shape index (κ3) is 4.29. The summed E-state index contributed by atoms with van der Waals surface area (Å²) < 4.78 is 32.1. The maximum Gasteiger partial charge on any atom is 0.245 e. The van der Waals surface area contributed by atoms with Crippen molar-refractivity contribution in [2.45, 2.75) is 43.2 Å². The van der Waals surface area contributed by atoms with Gasteiger partial charge in [-0.1, -0.05) is 12.8 Å². The van der Waals surface area contributed by atoms with E-state index in [0.29, 0.717) is 19.1 Å². The molecule has 0 radical (unpaired) electrons. The predicted molar refractivity (Wildman–Crippen MR) is 82.4 cm³/mol. The highest BCUT2D eigenvalue weighted by Crippen LogP contribution is 2.26. The standard InChI is InChI=1S/C13H21BrN2O4S/c1-16(10-4-2-3-5-10)7-6-15-21(18,19)12-8-11(9-17)20-13(12)14/h8,10,15,17H,2-7,9H2,1H3. The molecule has 2 rings (SSSR count). The van der Waals surface area contributed by atoms with Crippen molar-refractivity contribution in [1.29, 1.82) is 0 Å². The van der Waals surface area contributed by atoms with E-state index in [9.17, 15) is 8.42 Å². The zero-order valence-electron chi connectivity index (χ0n) is 12.0.